The molecule has 2 atom stereocenters. The van der Waals surface area contributed by atoms with Crippen LogP contribution in [0.2, 0.25) is 0 Å². The molecule has 2 saturated heterocycles. The maximum Gasteiger partial charge on any atom is 0.241 e. The second-order valence-electron chi connectivity index (χ2n) is 5.03. The Hall–Kier alpha value is -3.10. The van der Waals surface area contributed by atoms with Crippen LogP contribution in [-0.2, 0) is 19.2 Å². The van der Waals surface area contributed by atoms with E-state index < -0.39 is 23.9 Å². The topological polar surface area (TPSA) is 172 Å². The third kappa shape index (κ3) is 3.23. The second kappa shape index (κ2) is 6.77. The summed E-state index contributed by atoms with van der Waals surface area (Å²) in [5, 5.41) is 5.96. The fourth-order valence-corrected chi connectivity index (χ4v) is 2.72. The van der Waals surface area contributed by atoms with E-state index in [-0.39, 0.29) is 44.2 Å². The summed E-state index contributed by atoms with van der Waals surface area (Å²) in [6.07, 6.45) is 0.504. The number of likely N-dealkylation sites (tertiary alicyclic amines) is 2. The van der Waals surface area contributed by atoms with Crippen LogP contribution >= 0.6 is 0 Å². The molecular formula is C11H12N8O4. The summed E-state index contributed by atoms with van der Waals surface area (Å²) in [6, 6.07) is -1.91. The van der Waals surface area contributed by atoms with E-state index in [2.05, 4.69) is 20.1 Å². The highest BCUT2D eigenvalue weighted by molar-refractivity contribution is 5.93. The lowest BCUT2D eigenvalue weighted by atomic mass is 10.2. The van der Waals surface area contributed by atoms with Crippen molar-refractivity contribution in [2.75, 3.05) is 6.67 Å². The quantitative estimate of drug-likeness (QED) is 0.419. The predicted octanol–water partition coefficient (Wildman–Crippen LogP) is 0.600. The molecule has 0 N–H and O–H groups in total. The number of amides is 4. The molecule has 2 fully saturated rings. The summed E-state index contributed by atoms with van der Waals surface area (Å²) >= 11 is 0. The first-order chi connectivity index (χ1) is 11.0. The lowest BCUT2D eigenvalue weighted by Gasteiger charge is -2.30. The summed E-state index contributed by atoms with van der Waals surface area (Å²) in [5.74, 6) is -2.40. The molecule has 23 heavy (non-hydrogen) atoms. The fraction of sp³-hybridized carbons (Fsp3) is 0.636. The molecule has 2 aliphatic rings. The van der Waals surface area contributed by atoms with Gasteiger partial charge in [0.15, 0.2) is 0 Å². The van der Waals surface area contributed by atoms with Crippen molar-refractivity contribution in [3.63, 3.8) is 0 Å². The molecular weight excluding hydrogens is 308 g/mol. The van der Waals surface area contributed by atoms with Crippen molar-refractivity contribution in [3.05, 3.63) is 20.9 Å². The molecule has 0 bridgehead atoms. The van der Waals surface area contributed by atoms with E-state index in [1.807, 2.05) is 0 Å². The molecule has 2 rings (SSSR count). The molecule has 12 heteroatoms. The summed E-state index contributed by atoms with van der Waals surface area (Å²) < 4.78 is 0. The SMILES string of the molecule is [N-]=[N+]=NC(=O)C1CCC(=O)N1CN1C(=O)CCC1C(=O)N=[N+]=[N-]. The van der Waals surface area contributed by atoms with Crippen LogP contribution in [0.4, 0.5) is 0 Å². The molecule has 0 aliphatic carbocycles. The molecule has 12 nitrogen and oxygen atoms in total. The van der Waals surface area contributed by atoms with Crippen LogP contribution < -0.4 is 0 Å². The van der Waals surface area contributed by atoms with Gasteiger partial charge in [0.05, 0.1) is 18.8 Å². The van der Waals surface area contributed by atoms with Gasteiger partial charge in [-0.2, -0.15) is 0 Å². The second-order valence-corrected chi connectivity index (χ2v) is 5.03. The summed E-state index contributed by atoms with van der Waals surface area (Å²) in [5.41, 5.74) is 16.7. The number of hydrogen-bond donors (Lipinski definition) is 0. The molecule has 0 radical (unpaired) electrons. The van der Waals surface area contributed by atoms with Gasteiger partial charge in [0, 0.05) is 22.7 Å². The standard InChI is InChI=1S/C11H12N8O4/c12-16-14-10(22)6-1-3-8(20)18(6)5-19-7(2-4-9(19)21)11(23)15-17-13/h6-7H,1-5H2. The average Bonchev–Trinajstić information content (AvgIpc) is 3.05. The fourth-order valence-electron chi connectivity index (χ4n) is 2.72. The first kappa shape index (κ1) is 16.3. The maximum absolute atomic E-state index is 11.9. The third-order valence-corrected chi connectivity index (χ3v) is 3.82. The van der Waals surface area contributed by atoms with E-state index in [1.54, 1.807) is 0 Å². The minimum atomic E-state index is -0.956. The van der Waals surface area contributed by atoms with Gasteiger partial charge in [0.1, 0.15) is 0 Å². The van der Waals surface area contributed by atoms with E-state index in [0.29, 0.717) is 0 Å². The zero-order valence-corrected chi connectivity index (χ0v) is 11.9. The number of carbonyl (C=O) groups is 4. The Bertz CT molecular complexity index is 607. The maximum atomic E-state index is 11.9. The molecule has 0 spiro atoms. The number of azide groups is 2. The lowest BCUT2D eigenvalue weighted by Crippen LogP contribution is -2.49. The van der Waals surface area contributed by atoms with Crippen LogP contribution in [0.25, 0.3) is 20.9 Å². The largest absolute Gasteiger partial charge is 0.315 e. The van der Waals surface area contributed by atoms with Crippen molar-refractivity contribution in [2.45, 2.75) is 37.8 Å². The van der Waals surface area contributed by atoms with E-state index in [1.165, 1.54) is 0 Å². The molecule has 0 aromatic heterocycles. The Kier molecular flexibility index (Phi) is 4.79. The summed E-state index contributed by atoms with van der Waals surface area (Å²) in [4.78, 5) is 54.3. The number of hydrogen-bond acceptors (Lipinski definition) is 4. The van der Waals surface area contributed by atoms with E-state index in [0.717, 1.165) is 9.80 Å². The Labute approximate surface area is 129 Å². The molecule has 0 aromatic rings. The van der Waals surface area contributed by atoms with Gasteiger partial charge < -0.3 is 9.80 Å². The minimum absolute atomic E-state index is 0.0777. The summed E-state index contributed by atoms with van der Waals surface area (Å²) in [6.45, 7) is -0.285. The molecule has 2 unspecified atom stereocenters. The van der Waals surface area contributed by atoms with Gasteiger partial charge in [-0.15, -0.1) is 0 Å². The average molecular weight is 320 g/mol. The Morgan fingerprint density at radius 1 is 0.957 bits per heavy atom. The predicted molar refractivity (Wildman–Crippen MR) is 72.9 cm³/mol. The monoisotopic (exact) mass is 320 g/mol. The highest BCUT2D eigenvalue weighted by Gasteiger charge is 2.41. The Balaban J connectivity index is 2.19. The van der Waals surface area contributed by atoms with Gasteiger partial charge in [-0.1, -0.05) is 0 Å². The number of nitrogens with zero attached hydrogens (tertiary/aromatic N) is 8. The van der Waals surface area contributed by atoms with Crippen LogP contribution in [-0.4, -0.2) is 52.2 Å². The van der Waals surface area contributed by atoms with E-state index >= 15 is 0 Å². The lowest BCUT2D eigenvalue weighted by molar-refractivity contribution is -0.143. The van der Waals surface area contributed by atoms with Gasteiger partial charge in [-0.25, -0.2) is 0 Å². The van der Waals surface area contributed by atoms with Gasteiger partial charge >= 0.3 is 0 Å². The van der Waals surface area contributed by atoms with Crippen molar-refractivity contribution in [2.24, 2.45) is 10.2 Å². The van der Waals surface area contributed by atoms with Crippen LogP contribution in [0.15, 0.2) is 10.2 Å². The molecule has 0 saturated carbocycles. The van der Waals surface area contributed by atoms with Crippen molar-refractivity contribution >= 4 is 23.6 Å². The molecule has 2 aliphatic heterocycles. The van der Waals surface area contributed by atoms with Gasteiger partial charge in [-0.05, 0) is 34.1 Å². The Morgan fingerprint density at radius 2 is 1.35 bits per heavy atom. The van der Waals surface area contributed by atoms with Gasteiger partial charge in [0.25, 0.3) is 0 Å². The van der Waals surface area contributed by atoms with E-state index in [4.69, 9.17) is 11.1 Å². The number of carbonyl (C=O) groups excluding carboxylic acids is 4. The molecule has 2 heterocycles. The molecule has 120 valence electrons. The first-order valence-corrected chi connectivity index (χ1v) is 6.76. The van der Waals surface area contributed by atoms with Crippen LogP contribution in [0.5, 0.6) is 0 Å². The Morgan fingerprint density at radius 3 is 1.70 bits per heavy atom. The zero-order valence-electron chi connectivity index (χ0n) is 11.9. The van der Waals surface area contributed by atoms with Crippen molar-refractivity contribution in [1.29, 1.82) is 0 Å². The first-order valence-electron chi connectivity index (χ1n) is 6.76. The van der Waals surface area contributed by atoms with Gasteiger partial charge in [-0.3, -0.25) is 19.2 Å². The minimum Gasteiger partial charge on any atom is -0.315 e. The highest BCUT2D eigenvalue weighted by atomic mass is 16.2. The van der Waals surface area contributed by atoms with Crippen LogP contribution in [0.3, 0.4) is 0 Å². The molecule has 4 amide bonds. The summed E-state index contributed by atoms with van der Waals surface area (Å²) in [7, 11) is 0. The highest BCUT2D eigenvalue weighted by Crippen LogP contribution is 2.25. The van der Waals surface area contributed by atoms with Crippen molar-refractivity contribution in [1.82, 2.24) is 9.80 Å². The zero-order chi connectivity index (χ0) is 17.0. The van der Waals surface area contributed by atoms with Crippen molar-refractivity contribution in [3.8, 4) is 0 Å². The van der Waals surface area contributed by atoms with Crippen molar-refractivity contribution < 1.29 is 19.2 Å². The number of rotatable bonds is 4. The normalized spacial score (nSPS) is 23.5. The van der Waals surface area contributed by atoms with Gasteiger partial charge in [0.2, 0.25) is 23.6 Å². The van der Waals surface area contributed by atoms with E-state index in [9.17, 15) is 19.2 Å². The molecule has 0 aromatic carbocycles. The third-order valence-electron chi connectivity index (χ3n) is 3.82. The van der Waals surface area contributed by atoms with Crippen LogP contribution in [0, 0.1) is 0 Å². The smallest absolute Gasteiger partial charge is 0.241 e. The van der Waals surface area contributed by atoms with Crippen LogP contribution in [0.1, 0.15) is 25.7 Å².